The van der Waals surface area contributed by atoms with Crippen LogP contribution in [0.1, 0.15) is 57.8 Å². The van der Waals surface area contributed by atoms with E-state index in [9.17, 15) is 9.59 Å². The summed E-state index contributed by atoms with van der Waals surface area (Å²) >= 11 is 0. The highest BCUT2D eigenvalue weighted by molar-refractivity contribution is 5.87. The second-order valence-corrected chi connectivity index (χ2v) is 7.68. The predicted molar refractivity (Wildman–Crippen MR) is 93.7 cm³/mol. The van der Waals surface area contributed by atoms with E-state index in [1.54, 1.807) is 0 Å². The van der Waals surface area contributed by atoms with E-state index >= 15 is 0 Å². The Balaban J connectivity index is 1.34. The number of nitrogens with one attached hydrogen (secondary N) is 3. The van der Waals surface area contributed by atoms with Crippen molar-refractivity contribution in [2.24, 2.45) is 5.92 Å². The smallest absolute Gasteiger partial charge is 0.315 e. The van der Waals surface area contributed by atoms with Gasteiger partial charge >= 0.3 is 6.03 Å². The Bertz CT molecular complexity index is 429. The van der Waals surface area contributed by atoms with Gasteiger partial charge in [-0.25, -0.2) is 4.79 Å². The number of likely N-dealkylation sites (tertiary alicyclic amines) is 1. The lowest BCUT2D eigenvalue weighted by molar-refractivity contribution is -0.124. The summed E-state index contributed by atoms with van der Waals surface area (Å²) in [6, 6.07) is -0.327. The number of hydrogen-bond donors (Lipinski definition) is 3. The van der Waals surface area contributed by atoms with Crippen LogP contribution in [0.3, 0.4) is 0 Å². The first-order valence-corrected chi connectivity index (χ1v) is 9.78. The molecule has 2 heterocycles. The van der Waals surface area contributed by atoms with Crippen molar-refractivity contribution >= 4 is 11.9 Å². The monoisotopic (exact) mass is 336 g/mol. The minimum atomic E-state index is -0.370. The number of piperidine rings is 2. The molecule has 0 bridgehead atoms. The summed E-state index contributed by atoms with van der Waals surface area (Å²) in [6.07, 6.45) is 10.7. The van der Waals surface area contributed by atoms with Gasteiger partial charge in [0.15, 0.2) is 0 Å². The molecule has 0 radical (unpaired) electrons. The van der Waals surface area contributed by atoms with E-state index in [0.717, 1.165) is 51.2 Å². The van der Waals surface area contributed by atoms with Crippen LogP contribution in [-0.2, 0) is 4.79 Å². The largest absolute Gasteiger partial charge is 0.354 e. The number of urea groups is 1. The molecule has 0 spiro atoms. The van der Waals surface area contributed by atoms with Crippen molar-refractivity contribution in [3.8, 4) is 0 Å². The molecule has 3 N–H and O–H groups in total. The highest BCUT2D eigenvalue weighted by Crippen LogP contribution is 2.25. The van der Waals surface area contributed by atoms with E-state index in [1.807, 2.05) is 0 Å². The van der Waals surface area contributed by atoms with Gasteiger partial charge in [-0.05, 0) is 44.4 Å². The van der Waals surface area contributed by atoms with Crippen LogP contribution in [0.25, 0.3) is 0 Å². The molecule has 2 aliphatic heterocycles. The number of carbonyl (C=O) groups is 2. The van der Waals surface area contributed by atoms with Gasteiger partial charge in [-0.1, -0.05) is 19.3 Å². The van der Waals surface area contributed by atoms with Gasteiger partial charge in [-0.15, -0.1) is 0 Å². The molecule has 1 unspecified atom stereocenters. The van der Waals surface area contributed by atoms with Crippen molar-refractivity contribution < 1.29 is 9.59 Å². The lowest BCUT2D eigenvalue weighted by Gasteiger charge is -2.35. The second kappa shape index (κ2) is 8.70. The van der Waals surface area contributed by atoms with E-state index in [0.29, 0.717) is 0 Å². The first-order chi connectivity index (χ1) is 11.7. The standard InChI is InChI=1S/C18H32N4O2/c23-17-16(7-4-10-19-17)21-18(24)20-15-8-11-22(12-9-15)13-14-5-2-1-3-6-14/h14-16H,1-13H2,(H,19,23)(H2,20,21,24). The molecule has 3 amide bonds. The molecule has 0 aromatic rings. The van der Waals surface area contributed by atoms with Crippen LogP contribution in [-0.4, -0.2) is 55.1 Å². The fourth-order valence-corrected chi connectivity index (χ4v) is 4.29. The van der Waals surface area contributed by atoms with Crippen LogP contribution >= 0.6 is 0 Å². The Labute approximate surface area is 145 Å². The average molecular weight is 336 g/mol. The molecule has 0 aromatic carbocycles. The molecule has 24 heavy (non-hydrogen) atoms. The van der Waals surface area contributed by atoms with Crippen molar-refractivity contribution in [2.75, 3.05) is 26.2 Å². The zero-order chi connectivity index (χ0) is 16.8. The number of hydrogen-bond acceptors (Lipinski definition) is 3. The molecule has 6 heteroatoms. The maximum Gasteiger partial charge on any atom is 0.315 e. The minimum absolute atomic E-state index is 0.0568. The maximum absolute atomic E-state index is 12.1. The summed E-state index contributed by atoms with van der Waals surface area (Å²) in [5.41, 5.74) is 0. The first-order valence-electron chi connectivity index (χ1n) is 9.78. The number of rotatable bonds is 4. The summed E-state index contributed by atoms with van der Waals surface area (Å²) in [7, 11) is 0. The maximum atomic E-state index is 12.1. The molecule has 3 fully saturated rings. The van der Waals surface area contributed by atoms with Crippen molar-refractivity contribution in [3.05, 3.63) is 0 Å². The molecular weight excluding hydrogens is 304 g/mol. The van der Waals surface area contributed by atoms with Crippen LogP contribution in [0.5, 0.6) is 0 Å². The highest BCUT2D eigenvalue weighted by Gasteiger charge is 2.26. The molecule has 0 aromatic heterocycles. The van der Waals surface area contributed by atoms with Gasteiger partial charge < -0.3 is 20.9 Å². The fourth-order valence-electron chi connectivity index (χ4n) is 4.29. The topological polar surface area (TPSA) is 73.5 Å². The van der Waals surface area contributed by atoms with Crippen LogP contribution in [0.2, 0.25) is 0 Å². The summed E-state index contributed by atoms with van der Waals surface area (Å²) in [5, 5.41) is 8.67. The molecule has 2 saturated heterocycles. The fraction of sp³-hybridized carbons (Fsp3) is 0.889. The number of amides is 3. The lowest BCUT2D eigenvalue weighted by atomic mass is 9.88. The van der Waals surface area contributed by atoms with Crippen molar-refractivity contribution in [1.82, 2.24) is 20.9 Å². The third-order valence-electron chi connectivity index (χ3n) is 5.75. The van der Waals surface area contributed by atoms with Crippen LogP contribution in [0, 0.1) is 5.92 Å². The summed E-state index contributed by atoms with van der Waals surface area (Å²) < 4.78 is 0. The second-order valence-electron chi connectivity index (χ2n) is 7.68. The molecule has 3 rings (SSSR count). The zero-order valence-electron chi connectivity index (χ0n) is 14.7. The molecular formula is C18H32N4O2. The Hall–Kier alpha value is -1.30. The Morgan fingerprint density at radius 3 is 2.46 bits per heavy atom. The summed E-state index contributed by atoms with van der Waals surface area (Å²) in [4.78, 5) is 26.4. The third kappa shape index (κ3) is 5.10. The Kier molecular flexibility index (Phi) is 6.35. The van der Waals surface area contributed by atoms with E-state index in [-0.39, 0.29) is 24.0 Å². The van der Waals surface area contributed by atoms with E-state index < -0.39 is 0 Å². The molecule has 6 nitrogen and oxygen atoms in total. The van der Waals surface area contributed by atoms with Gasteiger partial charge in [0.1, 0.15) is 6.04 Å². The molecule has 136 valence electrons. The quantitative estimate of drug-likeness (QED) is 0.730. The van der Waals surface area contributed by atoms with Crippen molar-refractivity contribution in [1.29, 1.82) is 0 Å². The molecule has 3 aliphatic rings. The lowest BCUT2D eigenvalue weighted by Crippen LogP contribution is -2.55. The van der Waals surface area contributed by atoms with E-state index in [2.05, 4.69) is 20.9 Å². The van der Waals surface area contributed by atoms with Crippen LogP contribution in [0.4, 0.5) is 4.79 Å². The van der Waals surface area contributed by atoms with Crippen molar-refractivity contribution in [3.63, 3.8) is 0 Å². The molecule has 1 aliphatic carbocycles. The van der Waals surface area contributed by atoms with Crippen molar-refractivity contribution in [2.45, 2.75) is 69.9 Å². The Morgan fingerprint density at radius 1 is 1.00 bits per heavy atom. The summed E-state index contributed by atoms with van der Waals surface area (Å²) in [5.74, 6) is 0.829. The van der Waals surface area contributed by atoms with E-state index in [1.165, 1.54) is 38.6 Å². The van der Waals surface area contributed by atoms with Crippen LogP contribution < -0.4 is 16.0 Å². The van der Waals surface area contributed by atoms with Gasteiger partial charge in [-0.2, -0.15) is 0 Å². The number of carbonyl (C=O) groups excluding carboxylic acids is 2. The normalized spacial score (nSPS) is 27.5. The SMILES string of the molecule is O=C(NC1CCN(CC2CCCCC2)CC1)NC1CCCNC1=O. The number of nitrogens with zero attached hydrogens (tertiary/aromatic N) is 1. The first kappa shape index (κ1) is 17.5. The van der Waals surface area contributed by atoms with Gasteiger partial charge in [-0.3, -0.25) is 4.79 Å². The van der Waals surface area contributed by atoms with Gasteiger partial charge in [0.25, 0.3) is 0 Å². The van der Waals surface area contributed by atoms with Gasteiger partial charge in [0, 0.05) is 32.2 Å². The summed E-state index contributed by atoms with van der Waals surface area (Å²) in [6.45, 7) is 4.11. The minimum Gasteiger partial charge on any atom is -0.354 e. The molecule has 1 atom stereocenters. The average Bonchev–Trinajstić information content (AvgIpc) is 2.60. The predicted octanol–water partition coefficient (Wildman–Crippen LogP) is 1.61. The van der Waals surface area contributed by atoms with E-state index in [4.69, 9.17) is 0 Å². The zero-order valence-corrected chi connectivity index (χ0v) is 14.7. The molecule has 1 saturated carbocycles. The Morgan fingerprint density at radius 2 is 1.75 bits per heavy atom. The highest BCUT2D eigenvalue weighted by atomic mass is 16.2. The van der Waals surface area contributed by atoms with Gasteiger partial charge in [0.05, 0.1) is 0 Å². The third-order valence-corrected chi connectivity index (χ3v) is 5.75. The van der Waals surface area contributed by atoms with Gasteiger partial charge in [0.2, 0.25) is 5.91 Å². The van der Waals surface area contributed by atoms with Crippen LogP contribution in [0.15, 0.2) is 0 Å².